The van der Waals surface area contributed by atoms with Crippen LogP contribution in [0, 0.1) is 5.82 Å². The number of carbonyl (C=O) groups excluding carboxylic acids is 3. The van der Waals surface area contributed by atoms with Crippen LogP contribution in [-0.4, -0.2) is 45.5 Å². The van der Waals surface area contributed by atoms with Gasteiger partial charge in [-0.25, -0.2) is 4.39 Å². The van der Waals surface area contributed by atoms with E-state index < -0.39 is 29.6 Å². The lowest BCUT2D eigenvalue weighted by atomic mass is 10.2. The molecule has 0 aliphatic rings. The second kappa shape index (κ2) is 9.13. The van der Waals surface area contributed by atoms with Gasteiger partial charge in [0.1, 0.15) is 18.4 Å². The molecule has 0 spiro atoms. The van der Waals surface area contributed by atoms with Gasteiger partial charge in [-0.2, -0.15) is 5.10 Å². The largest absolute Gasteiger partial charge is 0.364 e. The first kappa shape index (κ1) is 22.2. The molecule has 0 unspecified atom stereocenters. The van der Waals surface area contributed by atoms with Crippen LogP contribution in [0.2, 0.25) is 5.02 Å². The molecule has 3 amide bonds. The number of hydrogen-bond donors (Lipinski definition) is 2. The predicted octanol–water partition coefficient (Wildman–Crippen LogP) is 2.09. The van der Waals surface area contributed by atoms with E-state index in [1.165, 1.54) is 28.8 Å². The summed E-state index contributed by atoms with van der Waals surface area (Å²) in [4.78, 5) is 38.1. The van der Waals surface area contributed by atoms with Crippen LogP contribution in [-0.2, 0) is 22.7 Å². The third-order valence-corrected chi connectivity index (χ3v) is 5.31. The molecule has 0 saturated carbocycles. The molecule has 8 nitrogen and oxygen atoms in total. The van der Waals surface area contributed by atoms with Crippen molar-refractivity contribution in [3.05, 3.63) is 64.6 Å². The number of aromatic nitrogens is 2. The first-order valence-corrected chi connectivity index (χ1v) is 9.80. The van der Waals surface area contributed by atoms with Crippen LogP contribution in [0.15, 0.2) is 42.5 Å². The number of fused-ring (bicyclic) bond motifs is 1. The lowest BCUT2D eigenvalue weighted by molar-refractivity contribution is -0.138. The molecule has 0 fully saturated rings. The zero-order valence-corrected chi connectivity index (χ0v) is 17.7. The van der Waals surface area contributed by atoms with Gasteiger partial charge in [-0.3, -0.25) is 19.1 Å². The van der Waals surface area contributed by atoms with Gasteiger partial charge in [0, 0.05) is 24.5 Å². The van der Waals surface area contributed by atoms with Gasteiger partial charge in [-0.05, 0) is 19.1 Å². The van der Waals surface area contributed by atoms with Gasteiger partial charge in [0.15, 0.2) is 5.69 Å². The molecule has 10 heteroatoms. The summed E-state index contributed by atoms with van der Waals surface area (Å²) in [6.07, 6.45) is 0. The number of amides is 3. The number of nitrogens with one attached hydrogen (secondary N) is 1. The molecule has 1 heterocycles. The Morgan fingerprint density at radius 3 is 2.65 bits per heavy atom. The molecule has 0 radical (unpaired) electrons. The van der Waals surface area contributed by atoms with Crippen LogP contribution >= 0.6 is 11.6 Å². The molecule has 31 heavy (non-hydrogen) atoms. The van der Waals surface area contributed by atoms with Crippen LogP contribution < -0.4 is 11.1 Å². The van der Waals surface area contributed by atoms with Crippen LogP contribution in [0.1, 0.15) is 23.0 Å². The monoisotopic (exact) mass is 445 g/mol. The Morgan fingerprint density at radius 2 is 1.94 bits per heavy atom. The van der Waals surface area contributed by atoms with Gasteiger partial charge < -0.3 is 16.0 Å². The summed E-state index contributed by atoms with van der Waals surface area (Å²) in [6, 6.07) is 10.6. The summed E-state index contributed by atoms with van der Waals surface area (Å²) in [5.41, 5.74) is 6.26. The Balaban J connectivity index is 1.68. The lowest BCUT2D eigenvalue weighted by Gasteiger charge is -2.24. The number of hydrogen-bond acceptors (Lipinski definition) is 4. The number of likely N-dealkylation sites (N-methyl/N-ethyl adjacent to an activating group) is 1. The third-order valence-electron chi connectivity index (χ3n) is 5.01. The SMILES string of the molecule is C[C@H](C(=O)NCc1cccc(Cl)c1F)N(C)C(=O)Cn1nc(C(N)=O)c2ccccc21. The molecule has 0 saturated heterocycles. The van der Waals surface area contributed by atoms with E-state index in [-0.39, 0.29) is 29.4 Å². The molecule has 3 N–H and O–H groups in total. The van der Waals surface area contributed by atoms with Crippen LogP contribution in [0.4, 0.5) is 4.39 Å². The van der Waals surface area contributed by atoms with E-state index in [4.69, 9.17) is 17.3 Å². The van der Waals surface area contributed by atoms with E-state index >= 15 is 0 Å². The Bertz CT molecular complexity index is 1160. The van der Waals surface area contributed by atoms with Crippen molar-refractivity contribution in [1.29, 1.82) is 0 Å². The summed E-state index contributed by atoms with van der Waals surface area (Å²) in [5, 5.41) is 7.26. The second-order valence-electron chi connectivity index (χ2n) is 7.00. The maximum atomic E-state index is 14.0. The van der Waals surface area contributed by atoms with Crippen molar-refractivity contribution in [3.8, 4) is 0 Å². The topological polar surface area (TPSA) is 110 Å². The highest BCUT2D eigenvalue weighted by atomic mass is 35.5. The fourth-order valence-corrected chi connectivity index (χ4v) is 3.27. The summed E-state index contributed by atoms with van der Waals surface area (Å²) >= 11 is 5.75. The molecule has 0 aliphatic carbocycles. The van der Waals surface area contributed by atoms with Crippen LogP contribution in [0.25, 0.3) is 10.9 Å². The molecule has 3 rings (SSSR count). The third kappa shape index (κ3) is 4.66. The van der Waals surface area contributed by atoms with Gasteiger partial charge in [0.25, 0.3) is 5.91 Å². The van der Waals surface area contributed by atoms with Crippen molar-refractivity contribution in [1.82, 2.24) is 20.0 Å². The summed E-state index contributed by atoms with van der Waals surface area (Å²) < 4.78 is 15.4. The van der Waals surface area contributed by atoms with Crippen molar-refractivity contribution < 1.29 is 18.8 Å². The van der Waals surface area contributed by atoms with Gasteiger partial charge in [-0.1, -0.05) is 41.9 Å². The zero-order chi connectivity index (χ0) is 22.7. The van der Waals surface area contributed by atoms with Gasteiger partial charge in [-0.15, -0.1) is 0 Å². The van der Waals surface area contributed by atoms with Gasteiger partial charge >= 0.3 is 0 Å². The Kier molecular flexibility index (Phi) is 6.55. The Labute approximate surface area is 182 Å². The minimum absolute atomic E-state index is 0.0335. The molecular weight excluding hydrogens is 425 g/mol. The Morgan fingerprint density at radius 1 is 1.23 bits per heavy atom. The summed E-state index contributed by atoms with van der Waals surface area (Å²) in [7, 11) is 1.48. The van der Waals surface area contributed by atoms with Crippen molar-refractivity contribution in [2.45, 2.75) is 26.1 Å². The number of nitrogens with two attached hydrogens (primary N) is 1. The molecule has 2 aromatic carbocycles. The zero-order valence-electron chi connectivity index (χ0n) is 16.9. The minimum atomic E-state index is -0.827. The maximum absolute atomic E-state index is 14.0. The smallest absolute Gasteiger partial charge is 0.269 e. The highest BCUT2D eigenvalue weighted by molar-refractivity contribution is 6.30. The average molecular weight is 446 g/mol. The van der Waals surface area contributed by atoms with Crippen LogP contribution in [0.3, 0.4) is 0 Å². The van der Waals surface area contributed by atoms with Crippen molar-refractivity contribution in [2.24, 2.45) is 5.73 Å². The first-order chi connectivity index (χ1) is 14.7. The minimum Gasteiger partial charge on any atom is -0.364 e. The van der Waals surface area contributed by atoms with E-state index in [1.807, 2.05) is 0 Å². The summed E-state index contributed by atoms with van der Waals surface area (Å²) in [5.74, 6) is -2.16. The van der Waals surface area contributed by atoms with E-state index in [1.54, 1.807) is 37.3 Å². The van der Waals surface area contributed by atoms with Gasteiger partial charge in [0.05, 0.1) is 10.5 Å². The molecule has 0 aliphatic heterocycles. The highest BCUT2D eigenvalue weighted by Gasteiger charge is 2.24. The molecule has 0 bridgehead atoms. The van der Waals surface area contributed by atoms with E-state index in [9.17, 15) is 18.8 Å². The van der Waals surface area contributed by atoms with Crippen molar-refractivity contribution >= 4 is 40.2 Å². The number of para-hydroxylation sites is 1. The number of primary amides is 1. The van der Waals surface area contributed by atoms with Crippen molar-refractivity contribution in [2.75, 3.05) is 7.05 Å². The molecule has 1 atom stereocenters. The number of nitrogens with zero attached hydrogens (tertiary/aromatic N) is 3. The standard InChI is InChI=1S/C21H21ClFN5O3/c1-12(21(31)25-10-13-6-5-8-15(22)18(13)23)27(2)17(29)11-28-16-9-4-3-7-14(16)19(26-28)20(24)30/h3-9,12H,10-11H2,1-2H3,(H2,24,30)(H,25,31)/t12-/m1/s1. The van der Waals surface area contributed by atoms with Crippen molar-refractivity contribution in [3.63, 3.8) is 0 Å². The van der Waals surface area contributed by atoms with E-state index in [0.717, 1.165) is 0 Å². The number of carbonyl (C=O) groups is 3. The highest BCUT2D eigenvalue weighted by Crippen LogP contribution is 2.19. The molecular formula is C21H21ClFN5O3. The molecule has 1 aromatic heterocycles. The normalized spacial score (nSPS) is 11.9. The second-order valence-corrected chi connectivity index (χ2v) is 7.41. The molecule has 3 aromatic rings. The number of halogens is 2. The summed E-state index contributed by atoms with van der Waals surface area (Å²) in [6.45, 7) is 1.30. The fraction of sp³-hybridized carbons (Fsp3) is 0.238. The van der Waals surface area contributed by atoms with Crippen LogP contribution in [0.5, 0.6) is 0 Å². The predicted molar refractivity (Wildman–Crippen MR) is 114 cm³/mol. The number of benzene rings is 2. The molecule has 162 valence electrons. The lowest BCUT2D eigenvalue weighted by Crippen LogP contribution is -2.46. The average Bonchev–Trinajstić information content (AvgIpc) is 3.12. The quantitative estimate of drug-likeness (QED) is 0.580. The fourth-order valence-electron chi connectivity index (χ4n) is 3.08. The van der Waals surface area contributed by atoms with E-state index in [0.29, 0.717) is 10.9 Å². The number of rotatable bonds is 7. The van der Waals surface area contributed by atoms with E-state index in [2.05, 4.69) is 10.4 Å². The van der Waals surface area contributed by atoms with Gasteiger partial charge in [0.2, 0.25) is 11.8 Å². The maximum Gasteiger partial charge on any atom is 0.269 e. The first-order valence-electron chi connectivity index (χ1n) is 9.42. The Hall–Kier alpha value is -3.46.